The Bertz CT molecular complexity index is 1150. The third-order valence-electron chi connectivity index (χ3n) is 5.23. The van der Waals surface area contributed by atoms with Crippen LogP contribution in [0.25, 0.3) is 16.5 Å². The monoisotopic (exact) mass is 431 g/mol. The summed E-state index contributed by atoms with van der Waals surface area (Å²) in [5.41, 5.74) is 2.59. The molecule has 1 aliphatic heterocycles. The summed E-state index contributed by atoms with van der Waals surface area (Å²) in [6.07, 6.45) is 13.6. The van der Waals surface area contributed by atoms with Gasteiger partial charge in [0.15, 0.2) is 0 Å². The van der Waals surface area contributed by atoms with E-state index in [1.54, 1.807) is 17.1 Å². The molecule has 31 heavy (non-hydrogen) atoms. The van der Waals surface area contributed by atoms with Crippen molar-refractivity contribution in [2.45, 2.75) is 19.4 Å². The minimum absolute atomic E-state index is 0.165. The number of rotatable bonds is 5. The maximum Gasteiger partial charge on any atom is 0.246 e. The van der Waals surface area contributed by atoms with Crippen molar-refractivity contribution >= 4 is 39.8 Å². The van der Waals surface area contributed by atoms with Gasteiger partial charge < -0.3 is 9.80 Å². The SMILES string of the molecule is C#C/C=C\C=C(/C)c1cc2ncnc(N3CCN(C(=O)C=C)C(CC#N)C3)c2cc1Cl. The van der Waals surface area contributed by atoms with Gasteiger partial charge in [0.25, 0.3) is 0 Å². The van der Waals surface area contributed by atoms with E-state index in [-0.39, 0.29) is 18.4 Å². The van der Waals surface area contributed by atoms with Gasteiger partial charge in [-0.25, -0.2) is 9.97 Å². The second-order valence-electron chi connectivity index (χ2n) is 7.12. The first kappa shape index (κ1) is 22.1. The van der Waals surface area contributed by atoms with Crippen molar-refractivity contribution in [3.05, 3.63) is 59.9 Å². The van der Waals surface area contributed by atoms with Gasteiger partial charge in [-0.2, -0.15) is 5.26 Å². The number of allylic oxidation sites excluding steroid dienone is 4. The normalized spacial score (nSPS) is 16.9. The van der Waals surface area contributed by atoms with Crippen LogP contribution in [-0.4, -0.2) is 46.5 Å². The predicted octanol–water partition coefficient (Wildman–Crippen LogP) is 3.99. The van der Waals surface area contributed by atoms with E-state index in [0.29, 0.717) is 24.7 Å². The maximum absolute atomic E-state index is 12.2. The topological polar surface area (TPSA) is 73.1 Å². The second-order valence-corrected chi connectivity index (χ2v) is 7.53. The number of fused-ring (bicyclic) bond motifs is 1. The summed E-state index contributed by atoms with van der Waals surface area (Å²) in [5, 5.41) is 10.6. The van der Waals surface area contributed by atoms with Crippen LogP contribution in [0.1, 0.15) is 18.9 Å². The average molecular weight is 432 g/mol. The largest absolute Gasteiger partial charge is 0.352 e. The Kier molecular flexibility index (Phi) is 7.07. The third-order valence-corrected chi connectivity index (χ3v) is 5.55. The molecule has 7 heteroatoms. The number of carbonyl (C=O) groups is 1. The zero-order valence-electron chi connectivity index (χ0n) is 17.3. The highest BCUT2D eigenvalue weighted by Gasteiger charge is 2.30. The molecule has 0 radical (unpaired) electrons. The Balaban J connectivity index is 1.98. The van der Waals surface area contributed by atoms with Crippen LogP contribution in [0.2, 0.25) is 5.02 Å². The lowest BCUT2D eigenvalue weighted by molar-refractivity contribution is -0.128. The lowest BCUT2D eigenvalue weighted by Gasteiger charge is -2.41. The Hall–Kier alpha value is -3.61. The van der Waals surface area contributed by atoms with E-state index >= 15 is 0 Å². The van der Waals surface area contributed by atoms with E-state index in [9.17, 15) is 10.1 Å². The number of terminal acetylenes is 1. The molecule has 0 saturated carbocycles. The standard InChI is InChI=1S/C24H22ClN5O/c1-4-6-7-8-17(3)19-14-22-20(13-21(19)25)24(28-16-27-22)29-11-12-30(23(31)5-2)18(15-29)9-10-26/h1,5-8,13-14,16,18H,2,9,11-12,15H2,3H3/b7-6-,17-8+. The summed E-state index contributed by atoms with van der Waals surface area (Å²) < 4.78 is 0. The molecule has 1 saturated heterocycles. The number of hydrogen-bond donors (Lipinski definition) is 0. The van der Waals surface area contributed by atoms with Crippen LogP contribution in [0.15, 0.2) is 49.3 Å². The summed E-state index contributed by atoms with van der Waals surface area (Å²) in [6, 6.07) is 5.73. The predicted molar refractivity (Wildman–Crippen MR) is 124 cm³/mol. The fourth-order valence-electron chi connectivity index (χ4n) is 3.69. The molecule has 1 amide bonds. The van der Waals surface area contributed by atoms with E-state index in [1.807, 2.05) is 25.1 Å². The van der Waals surface area contributed by atoms with Crippen LogP contribution in [0, 0.1) is 23.7 Å². The first-order valence-corrected chi connectivity index (χ1v) is 10.2. The van der Waals surface area contributed by atoms with E-state index in [2.05, 4.69) is 33.4 Å². The molecule has 1 aliphatic rings. The Morgan fingerprint density at radius 3 is 2.94 bits per heavy atom. The lowest BCUT2D eigenvalue weighted by atomic mass is 10.0. The molecule has 0 N–H and O–H groups in total. The molecule has 2 aromatic rings. The number of piperazine rings is 1. The second kappa shape index (κ2) is 9.93. The minimum atomic E-state index is -0.239. The highest BCUT2D eigenvalue weighted by molar-refractivity contribution is 6.33. The molecule has 2 heterocycles. The molecule has 1 unspecified atom stereocenters. The zero-order chi connectivity index (χ0) is 22.4. The average Bonchev–Trinajstić information content (AvgIpc) is 2.78. The van der Waals surface area contributed by atoms with Crippen molar-refractivity contribution in [3.8, 4) is 18.4 Å². The van der Waals surface area contributed by atoms with Crippen LogP contribution >= 0.6 is 11.6 Å². The number of benzene rings is 1. The molecule has 1 fully saturated rings. The van der Waals surface area contributed by atoms with Crippen LogP contribution in [0.3, 0.4) is 0 Å². The van der Waals surface area contributed by atoms with Crippen molar-refractivity contribution < 1.29 is 4.79 Å². The van der Waals surface area contributed by atoms with Gasteiger partial charge in [0, 0.05) is 30.0 Å². The maximum atomic E-state index is 12.2. The quantitative estimate of drug-likeness (QED) is 0.406. The molecule has 0 aliphatic carbocycles. The molecule has 0 spiro atoms. The highest BCUT2D eigenvalue weighted by atomic mass is 35.5. The van der Waals surface area contributed by atoms with Gasteiger partial charge in [-0.1, -0.05) is 36.3 Å². The highest BCUT2D eigenvalue weighted by Crippen LogP contribution is 2.33. The van der Waals surface area contributed by atoms with Crippen molar-refractivity contribution in [1.82, 2.24) is 14.9 Å². The first-order chi connectivity index (χ1) is 15.0. The fraction of sp³-hybridized carbons (Fsp3) is 0.250. The van der Waals surface area contributed by atoms with Crippen LogP contribution in [-0.2, 0) is 4.79 Å². The lowest BCUT2D eigenvalue weighted by Crippen LogP contribution is -2.55. The number of anilines is 1. The molecule has 1 aromatic heterocycles. The van der Waals surface area contributed by atoms with Crippen LogP contribution < -0.4 is 4.90 Å². The number of carbonyl (C=O) groups excluding carboxylic acids is 1. The number of halogens is 1. The van der Waals surface area contributed by atoms with Crippen molar-refractivity contribution in [1.29, 1.82) is 5.26 Å². The summed E-state index contributed by atoms with van der Waals surface area (Å²) in [7, 11) is 0. The van der Waals surface area contributed by atoms with Crippen molar-refractivity contribution in [2.24, 2.45) is 0 Å². The summed E-state index contributed by atoms with van der Waals surface area (Å²) in [5.74, 6) is 3.03. The molecule has 1 atom stereocenters. The van der Waals surface area contributed by atoms with Gasteiger partial charge in [-0.15, -0.1) is 6.42 Å². The van der Waals surface area contributed by atoms with E-state index in [4.69, 9.17) is 18.0 Å². The first-order valence-electron chi connectivity index (χ1n) is 9.79. The Morgan fingerprint density at radius 2 is 2.23 bits per heavy atom. The summed E-state index contributed by atoms with van der Waals surface area (Å²) >= 11 is 6.60. The van der Waals surface area contributed by atoms with Crippen LogP contribution in [0.5, 0.6) is 0 Å². The van der Waals surface area contributed by atoms with Crippen molar-refractivity contribution in [2.75, 3.05) is 24.5 Å². The fourth-order valence-corrected chi connectivity index (χ4v) is 4.00. The number of aromatic nitrogens is 2. The van der Waals surface area contributed by atoms with Gasteiger partial charge >= 0.3 is 0 Å². The number of nitriles is 1. The van der Waals surface area contributed by atoms with Gasteiger partial charge in [0.2, 0.25) is 5.91 Å². The molecular formula is C24H22ClN5O. The Labute approximate surface area is 187 Å². The van der Waals surface area contributed by atoms with Crippen molar-refractivity contribution in [3.63, 3.8) is 0 Å². The van der Waals surface area contributed by atoms with Crippen LogP contribution in [0.4, 0.5) is 5.82 Å². The Morgan fingerprint density at radius 1 is 1.42 bits per heavy atom. The molecule has 3 rings (SSSR count). The zero-order valence-corrected chi connectivity index (χ0v) is 18.0. The van der Waals surface area contributed by atoms with Gasteiger partial charge in [-0.05, 0) is 42.3 Å². The summed E-state index contributed by atoms with van der Waals surface area (Å²) in [6.45, 7) is 7.08. The van der Waals surface area contributed by atoms with E-state index in [0.717, 1.165) is 27.9 Å². The van der Waals surface area contributed by atoms with E-state index < -0.39 is 0 Å². The van der Waals surface area contributed by atoms with Gasteiger partial charge in [0.05, 0.1) is 24.0 Å². The summed E-state index contributed by atoms with van der Waals surface area (Å²) in [4.78, 5) is 24.9. The molecule has 156 valence electrons. The number of amides is 1. The molecule has 6 nitrogen and oxygen atoms in total. The van der Waals surface area contributed by atoms with E-state index in [1.165, 1.54) is 12.4 Å². The minimum Gasteiger partial charge on any atom is -0.352 e. The number of hydrogen-bond acceptors (Lipinski definition) is 5. The van der Waals surface area contributed by atoms with Gasteiger partial charge in [-0.3, -0.25) is 4.79 Å². The number of nitrogens with zero attached hydrogens (tertiary/aromatic N) is 5. The third kappa shape index (κ3) is 4.77. The van der Waals surface area contributed by atoms with Gasteiger partial charge in [0.1, 0.15) is 12.1 Å². The molecular weight excluding hydrogens is 410 g/mol. The molecule has 0 bridgehead atoms. The molecule has 1 aromatic carbocycles. The smallest absolute Gasteiger partial charge is 0.246 e.